The Kier molecular flexibility index (Phi) is 10.2. The van der Waals surface area contributed by atoms with E-state index >= 15 is 0 Å². The highest BCUT2D eigenvalue weighted by Crippen LogP contribution is 2.28. The summed E-state index contributed by atoms with van der Waals surface area (Å²) < 4.78 is 5.62. The van der Waals surface area contributed by atoms with Crippen LogP contribution in [0.1, 0.15) is 30.4 Å². The van der Waals surface area contributed by atoms with Gasteiger partial charge in [0.25, 0.3) is 0 Å². The molecule has 0 bridgehead atoms. The summed E-state index contributed by atoms with van der Waals surface area (Å²) in [4.78, 5) is 8.35. The van der Waals surface area contributed by atoms with E-state index in [1.165, 1.54) is 24.0 Å². The van der Waals surface area contributed by atoms with Crippen molar-refractivity contribution in [1.82, 2.24) is 15.6 Å². The van der Waals surface area contributed by atoms with Crippen molar-refractivity contribution in [3.63, 3.8) is 0 Å². The molecule has 2 rings (SSSR count). The molecule has 1 aromatic rings. The molecule has 0 aromatic carbocycles. The zero-order valence-corrected chi connectivity index (χ0v) is 16.5. The summed E-state index contributed by atoms with van der Waals surface area (Å²) >= 11 is 0. The van der Waals surface area contributed by atoms with E-state index in [1.54, 1.807) is 7.05 Å². The molecule has 0 atom stereocenters. The molecular formula is C17H29IN4O. The van der Waals surface area contributed by atoms with Gasteiger partial charge < -0.3 is 15.4 Å². The minimum atomic E-state index is 0. The van der Waals surface area contributed by atoms with E-state index in [-0.39, 0.29) is 24.0 Å². The topological polar surface area (TPSA) is 58.5 Å². The third kappa shape index (κ3) is 8.50. The normalized spacial score (nSPS) is 14.3. The number of nitrogens with zero attached hydrogens (tertiary/aromatic N) is 2. The van der Waals surface area contributed by atoms with Gasteiger partial charge in [0.15, 0.2) is 5.96 Å². The van der Waals surface area contributed by atoms with Gasteiger partial charge in [-0.2, -0.15) is 0 Å². The molecule has 0 spiro atoms. The third-order valence-electron chi connectivity index (χ3n) is 3.86. The van der Waals surface area contributed by atoms with Crippen LogP contribution in [0.2, 0.25) is 0 Å². The van der Waals surface area contributed by atoms with E-state index in [4.69, 9.17) is 4.74 Å². The van der Waals surface area contributed by atoms with Gasteiger partial charge in [-0.3, -0.25) is 9.98 Å². The molecule has 1 saturated carbocycles. The number of aromatic nitrogens is 1. The van der Waals surface area contributed by atoms with Crippen LogP contribution in [0, 0.1) is 12.8 Å². The minimum absolute atomic E-state index is 0. The number of guanidine groups is 1. The molecule has 0 saturated heterocycles. The highest BCUT2D eigenvalue weighted by Gasteiger charge is 2.20. The molecule has 0 radical (unpaired) electrons. The van der Waals surface area contributed by atoms with Gasteiger partial charge in [0.05, 0.1) is 0 Å². The zero-order valence-electron chi connectivity index (χ0n) is 14.2. The van der Waals surface area contributed by atoms with Crippen molar-refractivity contribution in [1.29, 1.82) is 0 Å². The number of hydrogen-bond donors (Lipinski definition) is 2. The number of halogens is 1. The van der Waals surface area contributed by atoms with Crippen molar-refractivity contribution in [2.45, 2.75) is 32.6 Å². The smallest absolute Gasteiger partial charge is 0.190 e. The van der Waals surface area contributed by atoms with Crippen LogP contribution in [0.4, 0.5) is 0 Å². The molecular weight excluding hydrogens is 403 g/mol. The minimum Gasteiger partial charge on any atom is -0.381 e. The molecule has 1 heterocycles. The fourth-order valence-electron chi connectivity index (χ4n) is 2.23. The summed E-state index contributed by atoms with van der Waals surface area (Å²) in [5.74, 6) is 1.70. The van der Waals surface area contributed by atoms with Crippen LogP contribution < -0.4 is 10.6 Å². The van der Waals surface area contributed by atoms with E-state index < -0.39 is 0 Å². The molecule has 6 heteroatoms. The molecule has 0 amide bonds. The van der Waals surface area contributed by atoms with Crippen LogP contribution in [-0.4, -0.2) is 44.3 Å². The fourth-order valence-corrected chi connectivity index (χ4v) is 2.23. The SMILES string of the molecule is CN=C(NCCCOCC1CC1)NCCc1ccncc1C.I. The summed E-state index contributed by atoms with van der Waals surface area (Å²) in [6.07, 6.45) is 8.44. The predicted octanol–water partition coefficient (Wildman–Crippen LogP) is 2.53. The lowest BCUT2D eigenvalue weighted by atomic mass is 10.1. The monoisotopic (exact) mass is 432 g/mol. The number of hydrogen-bond acceptors (Lipinski definition) is 3. The van der Waals surface area contributed by atoms with Gasteiger partial charge in [-0.05, 0) is 55.7 Å². The lowest BCUT2D eigenvalue weighted by Crippen LogP contribution is -2.39. The van der Waals surface area contributed by atoms with Gasteiger partial charge >= 0.3 is 0 Å². The number of pyridine rings is 1. The second-order valence-electron chi connectivity index (χ2n) is 5.85. The summed E-state index contributed by atoms with van der Waals surface area (Å²) in [6, 6.07) is 2.07. The molecule has 1 aliphatic rings. The summed E-state index contributed by atoms with van der Waals surface area (Å²) in [5, 5.41) is 6.66. The number of aryl methyl sites for hydroxylation is 1. The molecule has 1 fully saturated rings. The van der Waals surface area contributed by atoms with E-state index in [0.717, 1.165) is 51.0 Å². The molecule has 1 aromatic heterocycles. The van der Waals surface area contributed by atoms with Gasteiger partial charge in [0.2, 0.25) is 0 Å². The molecule has 0 unspecified atom stereocenters. The summed E-state index contributed by atoms with van der Waals surface area (Å²) in [5.41, 5.74) is 2.56. The highest BCUT2D eigenvalue weighted by molar-refractivity contribution is 14.0. The van der Waals surface area contributed by atoms with Crippen LogP contribution in [0.25, 0.3) is 0 Å². The Balaban J connectivity index is 0.00000264. The molecule has 23 heavy (non-hydrogen) atoms. The van der Waals surface area contributed by atoms with Crippen LogP contribution >= 0.6 is 24.0 Å². The number of rotatable bonds is 9. The Morgan fingerprint density at radius 3 is 2.83 bits per heavy atom. The van der Waals surface area contributed by atoms with E-state index in [2.05, 4.69) is 33.6 Å². The van der Waals surface area contributed by atoms with Crippen molar-refractivity contribution >= 4 is 29.9 Å². The van der Waals surface area contributed by atoms with Crippen LogP contribution in [0.3, 0.4) is 0 Å². The van der Waals surface area contributed by atoms with Crippen molar-refractivity contribution in [2.75, 3.05) is 33.4 Å². The Labute approximate surface area is 156 Å². The predicted molar refractivity (Wildman–Crippen MR) is 106 cm³/mol. The van der Waals surface area contributed by atoms with Gasteiger partial charge in [-0.25, -0.2) is 0 Å². The van der Waals surface area contributed by atoms with Crippen molar-refractivity contribution in [3.8, 4) is 0 Å². The first-order valence-electron chi connectivity index (χ1n) is 8.21. The third-order valence-corrected chi connectivity index (χ3v) is 3.86. The Hall–Kier alpha value is -0.890. The quantitative estimate of drug-likeness (QED) is 0.273. The van der Waals surface area contributed by atoms with Gasteiger partial charge in [0, 0.05) is 45.7 Å². The average molecular weight is 432 g/mol. The van der Waals surface area contributed by atoms with Crippen LogP contribution in [-0.2, 0) is 11.2 Å². The van der Waals surface area contributed by atoms with Crippen molar-refractivity contribution in [3.05, 3.63) is 29.6 Å². The maximum atomic E-state index is 5.62. The number of aliphatic imine (C=N–C) groups is 1. The van der Waals surface area contributed by atoms with Gasteiger partial charge in [-0.15, -0.1) is 24.0 Å². The number of ether oxygens (including phenoxy) is 1. The second-order valence-corrected chi connectivity index (χ2v) is 5.85. The first-order valence-corrected chi connectivity index (χ1v) is 8.21. The summed E-state index contributed by atoms with van der Waals surface area (Å²) in [7, 11) is 1.80. The Morgan fingerprint density at radius 1 is 1.35 bits per heavy atom. The van der Waals surface area contributed by atoms with Gasteiger partial charge in [-0.1, -0.05) is 0 Å². The van der Waals surface area contributed by atoms with Gasteiger partial charge in [0.1, 0.15) is 0 Å². The Bertz CT molecular complexity index is 477. The summed E-state index contributed by atoms with van der Waals surface area (Å²) in [6.45, 7) is 5.62. The van der Waals surface area contributed by atoms with E-state index in [1.807, 2.05) is 12.4 Å². The lowest BCUT2D eigenvalue weighted by Gasteiger charge is -2.12. The standard InChI is InChI=1S/C17H28N4O.HI/c1-14-12-19-9-6-16(14)7-10-21-17(18-2)20-8-3-11-22-13-15-4-5-15;/h6,9,12,15H,3-5,7-8,10-11,13H2,1-2H3,(H2,18,20,21);1H. The highest BCUT2D eigenvalue weighted by atomic mass is 127. The van der Waals surface area contributed by atoms with E-state index in [9.17, 15) is 0 Å². The van der Waals surface area contributed by atoms with Crippen LogP contribution in [0.5, 0.6) is 0 Å². The maximum absolute atomic E-state index is 5.62. The van der Waals surface area contributed by atoms with Crippen molar-refractivity contribution < 1.29 is 4.74 Å². The average Bonchev–Trinajstić information content (AvgIpc) is 3.35. The molecule has 0 aliphatic heterocycles. The molecule has 5 nitrogen and oxygen atoms in total. The van der Waals surface area contributed by atoms with Crippen molar-refractivity contribution in [2.24, 2.45) is 10.9 Å². The van der Waals surface area contributed by atoms with Crippen LogP contribution in [0.15, 0.2) is 23.5 Å². The van der Waals surface area contributed by atoms with E-state index in [0.29, 0.717) is 0 Å². The molecule has 2 N–H and O–H groups in total. The maximum Gasteiger partial charge on any atom is 0.190 e. The first kappa shape index (κ1) is 20.2. The fraction of sp³-hybridized carbons (Fsp3) is 0.647. The number of nitrogens with one attached hydrogen (secondary N) is 2. The molecule has 130 valence electrons. The largest absolute Gasteiger partial charge is 0.381 e. The molecule has 1 aliphatic carbocycles. The first-order chi connectivity index (χ1) is 10.8. The Morgan fingerprint density at radius 2 is 2.13 bits per heavy atom. The zero-order chi connectivity index (χ0) is 15.6. The second kappa shape index (κ2) is 11.6. The lowest BCUT2D eigenvalue weighted by molar-refractivity contribution is 0.123.